The fraction of sp³-hybridized carbons (Fsp3) is 0.227. The lowest BCUT2D eigenvalue weighted by Crippen LogP contribution is -2.31. The molecule has 0 saturated carbocycles. The van der Waals surface area contributed by atoms with Crippen molar-refractivity contribution in [2.24, 2.45) is 7.05 Å². The number of methoxy groups -OCH3 is 1. The molecule has 5 rings (SSSR count). The number of aryl methyl sites for hydroxylation is 1. The SMILES string of the molecule is COc1c(F)cc(-c2cc(-c3ccnn3C3COC3)cnc2N)cc1NS(=O)c1cnn(C)c1. The Morgan fingerprint density at radius 1 is 1.24 bits per heavy atom. The lowest BCUT2D eigenvalue weighted by molar-refractivity contribution is -0.0278. The minimum atomic E-state index is -1.69. The van der Waals surface area contributed by atoms with Gasteiger partial charge in [-0.15, -0.1) is 0 Å². The fourth-order valence-corrected chi connectivity index (χ4v) is 4.59. The minimum Gasteiger partial charge on any atom is -0.492 e. The highest BCUT2D eigenvalue weighted by atomic mass is 32.2. The molecule has 3 aromatic heterocycles. The highest BCUT2D eigenvalue weighted by Gasteiger charge is 2.24. The number of nitrogens with one attached hydrogen (secondary N) is 1. The Kier molecular flexibility index (Phi) is 5.75. The van der Waals surface area contributed by atoms with E-state index < -0.39 is 16.8 Å². The first kappa shape index (κ1) is 22.0. The molecular weight excluding hydrogens is 461 g/mol. The number of hydrogen-bond donors (Lipinski definition) is 2. The van der Waals surface area contributed by atoms with Crippen molar-refractivity contribution in [3.8, 4) is 28.1 Å². The van der Waals surface area contributed by atoms with Gasteiger partial charge in [0.2, 0.25) is 0 Å². The molecule has 34 heavy (non-hydrogen) atoms. The van der Waals surface area contributed by atoms with E-state index >= 15 is 4.39 Å². The molecule has 0 spiro atoms. The normalized spacial score (nSPS) is 14.6. The van der Waals surface area contributed by atoms with Crippen LogP contribution in [0.15, 0.2) is 53.9 Å². The summed E-state index contributed by atoms with van der Waals surface area (Å²) in [6.07, 6.45) is 6.45. The van der Waals surface area contributed by atoms with Crippen molar-refractivity contribution in [3.63, 3.8) is 0 Å². The van der Waals surface area contributed by atoms with E-state index in [1.54, 1.807) is 31.7 Å². The summed E-state index contributed by atoms with van der Waals surface area (Å²) in [5.41, 5.74) is 8.99. The lowest BCUT2D eigenvalue weighted by atomic mass is 10.0. The molecule has 1 aliphatic rings. The van der Waals surface area contributed by atoms with E-state index in [2.05, 4.69) is 19.9 Å². The zero-order valence-corrected chi connectivity index (χ0v) is 19.3. The zero-order chi connectivity index (χ0) is 23.8. The summed E-state index contributed by atoms with van der Waals surface area (Å²) >= 11 is 0. The molecular formula is C22H22FN7O3S. The van der Waals surface area contributed by atoms with Gasteiger partial charge in [-0.25, -0.2) is 13.6 Å². The van der Waals surface area contributed by atoms with Crippen molar-refractivity contribution in [2.45, 2.75) is 10.9 Å². The van der Waals surface area contributed by atoms with Gasteiger partial charge in [0.15, 0.2) is 22.6 Å². The van der Waals surface area contributed by atoms with E-state index in [4.69, 9.17) is 15.2 Å². The second-order valence-corrected chi connectivity index (χ2v) is 8.98. The standard InChI is InChI=1S/C22H22FN7O3S/c1-29-10-16(9-27-29)34(31)28-19-7-13(6-18(23)21(19)32-2)17-5-14(8-25-22(17)24)20-3-4-26-30(20)15-11-33-12-15/h3-10,15,28H,11-12H2,1-2H3,(H2,24,25). The first-order valence-electron chi connectivity index (χ1n) is 10.4. The summed E-state index contributed by atoms with van der Waals surface area (Å²) in [5.74, 6) is -0.468. The summed E-state index contributed by atoms with van der Waals surface area (Å²) in [5, 5.41) is 8.42. The van der Waals surface area contributed by atoms with Gasteiger partial charge >= 0.3 is 0 Å². The first-order valence-corrected chi connectivity index (χ1v) is 11.5. The van der Waals surface area contributed by atoms with Crippen LogP contribution in [0.3, 0.4) is 0 Å². The topological polar surface area (TPSA) is 122 Å². The molecule has 0 aliphatic carbocycles. The van der Waals surface area contributed by atoms with Gasteiger partial charge in [0.1, 0.15) is 5.82 Å². The summed E-state index contributed by atoms with van der Waals surface area (Å²) in [6.45, 7) is 1.19. The molecule has 1 saturated heterocycles. The van der Waals surface area contributed by atoms with Gasteiger partial charge in [-0.1, -0.05) is 0 Å². The molecule has 0 amide bonds. The molecule has 1 atom stereocenters. The Balaban J connectivity index is 1.54. The number of anilines is 2. The van der Waals surface area contributed by atoms with Crippen molar-refractivity contribution in [1.82, 2.24) is 24.5 Å². The monoisotopic (exact) mass is 483 g/mol. The van der Waals surface area contributed by atoms with Crippen LogP contribution in [0.1, 0.15) is 6.04 Å². The average molecular weight is 484 g/mol. The van der Waals surface area contributed by atoms with E-state index in [-0.39, 0.29) is 23.3 Å². The molecule has 4 aromatic rings. The number of halogens is 1. The van der Waals surface area contributed by atoms with Crippen LogP contribution in [0, 0.1) is 5.82 Å². The molecule has 10 nitrogen and oxygen atoms in total. The van der Waals surface area contributed by atoms with Crippen LogP contribution in [-0.4, -0.2) is 49.1 Å². The van der Waals surface area contributed by atoms with Gasteiger partial charge in [0, 0.05) is 36.8 Å². The highest BCUT2D eigenvalue weighted by Crippen LogP contribution is 2.37. The van der Waals surface area contributed by atoms with Crippen LogP contribution < -0.4 is 15.2 Å². The maximum atomic E-state index is 15.0. The number of nitrogen functional groups attached to an aromatic ring is 1. The number of pyridine rings is 1. The third-order valence-electron chi connectivity index (χ3n) is 5.51. The van der Waals surface area contributed by atoms with Crippen LogP contribution in [-0.2, 0) is 22.8 Å². The molecule has 3 N–H and O–H groups in total. The van der Waals surface area contributed by atoms with Gasteiger partial charge in [0.25, 0.3) is 0 Å². The second kappa shape index (κ2) is 8.88. The number of rotatable bonds is 7. The number of nitrogens with two attached hydrogens (primary N) is 1. The largest absolute Gasteiger partial charge is 0.492 e. The Labute approximate surface area is 197 Å². The van der Waals surface area contributed by atoms with E-state index in [1.165, 1.54) is 24.1 Å². The van der Waals surface area contributed by atoms with E-state index in [1.807, 2.05) is 16.8 Å². The molecule has 1 fully saturated rings. The Morgan fingerprint density at radius 3 is 2.74 bits per heavy atom. The zero-order valence-electron chi connectivity index (χ0n) is 18.4. The van der Waals surface area contributed by atoms with E-state index in [0.717, 1.165) is 11.3 Å². The van der Waals surface area contributed by atoms with Crippen molar-refractivity contribution in [2.75, 3.05) is 30.8 Å². The maximum absolute atomic E-state index is 15.0. The van der Waals surface area contributed by atoms with Crippen molar-refractivity contribution >= 4 is 22.5 Å². The quantitative estimate of drug-likeness (QED) is 0.414. The lowest BCUT2D eigenvalue weighted by Gasteiger charge is -2.27. The molecule has 1 unspecified atom stereocenters. The number of benzene rings is 1. The van der Waals surface area contributed by atoms with Crippen LogP contribution in [0.4, 0.5) is 15.9 Å². The number of hydrogen-bond acceptors (Lipinski definition) is 7. The first-order chi connectivity index (χ1) is 16.4. The molecule has 0 radical (unpaired) electrons. The van der Waals surface area contributed by atoms with Gasteiger partial charge in [-0.3, -0.25) is 14.1 Å². The van der Waals surface area contributed by atoms with Crippen molar-refractivity contribution < 1.29 is 18.1 Å². The summed E-state index contributed by atoms with van der Waals surface area (Å²) in [4.78, 5) is 4.77. The summed E-state index contributed by atoms with van der Waals surface area (Å²) < 4.78 is 44.5. The van der Waals surface area contributed by atoms with Crippen LogP contribution in [0.2, 0.25) is 0 Å². The van der Waals surface area contributed by atoms with Gasteiger partial charge in [-0.05, 0) is 29.8 Å². The van der Waals surface area contributed by atoms with Gasteiger partial charge in [0.05, 0.1) is 48.8 Å². The Bertz CT molecular complexity index is 1380. The molecule has 1 aromatic carbocycles. The summed E-state index contributed by atoms with van der Waals surface area (Å²) in [6, 6.07) is 6.81. The Hall–Kier alpha value is -3.77. The van der Waals surface area contributed by atoms with Crippen LogP contribution in [0.5, 0.6) is 5.75 Å². The average Bonchev–Trinajstić information content (AvgIpc) is 3.42. The van der Waals surface area contributed by atoms with Crippen molar-refractivity contribution in [1.29, 1.82) is 0 Å². The minimum absolute atomic E-state index is 0.0632. The molecule has 176 valence electrons. The predicted molar refractivity (Wildman–Crippen MR) is 125 cm³/mol. The van der Waals surface area contributed by atoms with Crippen molar-refractivity contribution in [3.05, 3.63) is 54.9 Å². The molecule has 4 heterocycles. The smallest absolute Gasteiger partial charge is 0.178 e. The predicted octanol–water partition coefficient (Wildman–Crippen LogP) is 2.78. The Morgan fingerprint density at radius 2 is 2.06 bits per heavy atom. The van der Waals surface area contributed by atoms with E-state index in [9.17, 15) is 4.21 Å². The third-order valence-corrected chi connectivity index (χ3v) is 6.55. The van der Waals surface area contributed by atoms with Crippen LogP contribution in [0.25, 0.3) is 22.4 Å². The van der Waals surface area contributed by atoms with E-state index in [0.29, 0.717) is 29.2 Å². The molecule has 1 aliphatic heterocycles. The van der Waals surface area contributed by atoms with Gasteiger partial charge in [-0.2, -0.15) is 10.2 Å². The summed E-state index contributed by atoms with van der Waals surface area (Å²) in [7, 11) is 1.38. The van der Waals surface area contributed by atoms with Gasteiger partial charge < -0.3 is 15.2 Å². The maximum Gasteiger partial charge on any atom is 0.178 e. The number of ether oxygens (including phenoxy) is 2. The number of aromatic nitrogens is 5. The fourth-order valence-electron chi connectivity index (χ4n) is 3.73. The van der Waals surface area contributed by atoms with Crippen LogP contribution >= 0.6 is 0 Å². The second-order valence-electron chi connectivity index (χ2n) is 7.77. The molecule has 0 bridgehead atoms. The highest BCUT2D eigenvalue weighted by molar-refractivity contribution is 7.86. The number of nitrogens with zero attached hydrogens (tertiary/aromatic N) is 5. The molecule has 12 heteroatoms. The third kappa shape index (κ3) is 4.01.